The summed E-state index contributed by atoms with van der Waals surface area (Å²) in [4.78, 5) is 12.5. The Hall–Kier alpha value is -0.870. The van der Waals surface area contributed by atoms with Crippen LogP contribution in [0.1, 0.15) is 24.1 Å². The van der Waals surface area contributed by atoms with Gasteiger partial charge in [0.1, 0.15) is 6.61 Å². The van der Waals surface area contributed by atoms with E-state index < -0.39 is 0 Å². The predicted octanol–water partition coefficient (Wildman–Crippen LogP) is 1.92. The molecule has 0 spiro atoms. The molecule has 1 aliphatic carbocycles. The van der Waals surface area contributed by atoms with Crippen molar-refractivity contribution in [2.45, 2.75) is 31.9 Å². The largest absolute Gasteiger partial charge is 0.460 e. The molecule has 1 aliphatic rings. The van der Waals surface area contributed by atoms with Crippen LogP contribution in [0.3, 0.4) is 0 Å². The summed E-state index contributed by atoms with van der Waals surface area (Å²) in [6.07, 6.45) is 2.69. The Labute approximate surface area is 93.2 Å². The third-order valence-corrected chi connectivity index (χ3v) is 3.44. The van der Waals surface area contributed by atoms with Gasteiger partial charge in [0.05, 0.1) is 6.42 Å². The van der Waals surface area contributed by atoms with Crippen molar-refractivity contribution < 1.29 is 9.53 Å². The van der Waals surface area contributed by atoms with E-state index in [9.17, 15) is 4.79 Å². The first-order valence-corrected chi connectivity index (χ1v) is 6.07. The summed E-state index contributed by atoms with van der Waals surface area (Å²) in [5.41, 5.74) is 5.83. The van der Waals surface area contributed by atoms with E-state index in [2.05, 4.69) is 0 Å². The highest BCUT2D eigenvalue weighted by Crippen LogP contribution is 2.32. The number of thiophene rings is 1. The van der Waals surface area contributed by atoms with E-state index >= 15 is 0 Å². The summed E-state index contributed by atoms with van der Waals surface area (Å²) in [6, 6.07) is 3.91. The zero-order valence-corrected chi connectivity index (χ0v) is 9.33. The molecule has 15 heavy (non-hydrogen) atoms. The molecule has 0 aromatic carbocycles. The lowest BCUT2D eigenvalue weighted by atomic mass is 10.1. The van der Waals surface area contributed by atoms with Crippen molar-refractivity contribution in [1.29, 1.82) is 0 Å². The van der Waals surface area contributed by atoms with E-state index in [-0.39, 0.29) is 12.0 Å². The Morgan fingerprint density at radius 1 is 1.67 bits per heavy atom. The highest BCUT2D eigenvalue weighted by atomic mass is 32.1. The fourth-order valence-electron chi connectivity index (χ4n) is 1.49. The topological polar surface area (TPSA) is 52.3 Å². The molecule has 1 heterocycles. The van der Waals surface area contributed by atoms with Gasteiger partial charge in [-0.25, -0.2) is 0 Å². The minimum atomic E-state index is -0.178. The van der Waals surface area contributed by atoms with Crippen molar-refractivity contribution in [2.24, 2.45) is 11.7 Å². The van der Waals surface area contributed by atoms with Gasteiger partial charge >= 0.3 is 5.97 Å². The lowest BCUT2D eigenvalue weighted by Crippen LogP contribution is -2.26. The summed E-state index contributed by atoms with van der Waals surface area (Å²) in [5, 5.41) is 1.97. The summed E-state index contributed by atoms with van der Waals surface area (Å²) < 4.78 is 5.13. The van der Waals surface area contributed by atoms with E-state index in [4.69, 9.17) is 10.5 Å². The zero-order chi connectivity index (χ0) is 10.7. The van der Waals surface area contributed by atoms with Gasteiger partial charge in [0.15, 0.2) is 0 Å². The number of hydrogen-bond donors (Lipinski definition) is 1. The molecular weight excluding hydrogens is 210 g/mol. The normalized spacial score (nSPS) is 17.4. The minimum Gasteiger partial charge on any atom is -0.460 e. The number of ether oxygens (including phenoxy) is 1. The maximum atomic E-state index is 11.4. The van der Waals surface area contributed by atoms with E-state index in [0.29, 0.717) is 18.9 Å². The Morgan fingerprint density at radius 2 is 2.47 bits per heavy atom. The van der Waals surface area contributed by atoms with Crippen LogP contribution in [0, 0.1) is 5.92 Å². The Balaban J connectivity index is 1.68. The van der Waals surface area contributed by atoms with Gasteiger partial charge in [0.25, 0.3) is 0 Å². The molecular formula is C11H15NO2S. The molecule has 0 amide bonds. The summed E-state index contributed by atoms with van der Waals surface area (Å²) >= 11 is 1.59. The first-order chi connectivity index (χ1) is 7.25. The number of carbonyl (C=O) groups is 1. The quantitative estimate of drug-likeness (QED) is 0.779. The number of rotatable bonds is 5. The number of hydrogen-bond acceptors (Lipinski definition) is 4. The molecule has 0 saturated heterocycles. The molecule has 2 rings (SSSR count). The molecule has 3 nitrogen and oxygen atoms in total. The fraction of sp³-hybridized carbons (Fsp3) is 0.545. The van der Waals surface area contributed by atoms with Crippen LogP contribution in [0.2, 0.25) is 0 Å². The van der Waals surface area contributed by atoms with E-state index in [1.807, 2.05) is 17.5 Å². The third kappa shape index (κ3) is 3.32. The van der Waals surface area contributed by atoms with Crippen molar-refractivity contribution >= 4 is 17.3 Å². The third-order valence-electron chi connectivity index (χ3n) is 2.59. The zero-order valence-electron chi connectivity index (χ0n) is 8.52. The lowest BCUT2D eigenvalue weighted by molar-refractivity contribution is -0.145. The van der Waals surface area contributed by atoms with E-state index in [0.717, 1.165) is 4.88 Å². The Kier molecular flexibility index (Phi) is 3.38. The molecule has 0 radical (unpaired) electrons. The molecule has 1 aromatic heterocycles. The van der Waals surface area contributed by atoms with Gasteiger partial charge < -0.3 is 10.5 Å². The second-order valence-corrected chi connectivity index (χ2v) is 4.98. The van der Waals surface area contributed by atoms with Crippen molar-refractivity contribution in [3.8, 4) is 0 Å². The van der Waals surface area contributed by atoms with Crippen LogP contribution in [0.15, 0.2) is 17.5 Å². The molecule has 1 fully saturated rings. The maximum absolute atomic E-state index is 11.4. The number of carbonyl (C=O) groups excluding carboxylic acids is 1. The SMILES string of the molecule is NC(CC(=O)OCc1cccs1)C1CC1. The molecule has 1 saturated carbocycles. The highest BCUT2D eigenvalue weighted by molar-refractivity contribution is 7.09. The number of nitrogens with two attached hydrogens (primary N) is 1. The summed E-state index contributed by atoms with van der Waals surface area (Å²) in [6.45, 7) is 0.383. The highest BCUT2D eigenvalue weighted by Gasteiger charge is 2.30. The molecule has 0 bridgehead atoms. The minimum absolute atomic E-state index is 0.000774. The fourth-order valence-corrected chi connectivity index (χ4v) is 2.10. The van der Waals surface area contributed by atoms with Gasteiger partial charge in [-0.1, -0.05) is 6.07 Å². The van der Waals surface area contributed by atoms with Gasteiger partial charge in [-0.3, -0.25) is 4.79 Å². The van der Waals surface area contributed by atoms with Gasteiger partial charge in [-0.05, 0) is 30.2 Å². The van der Waals surface area contributed by atoms with Crippen molar-refractivity contribution in [2.75, 3.05) is 0 Å². The van der Waals surface area contributed by atoms with Crippen LogP contribution in [-0.4, -0.2) is 12.0 Å². The van der Waals surface area contributed by atoms with Gasteiger partial charge in [0.2, 0.25) is 0 Å². The van der Waals surface area contributed by atoms with Gasteiger partial charge in [0, 0.05) is 10.9 Å². The van der Waals surface area contributed by atoms with Crippen molar-refractivity contribution in [1.82, 2.24) is 0 Å². The van der Waals surface area contributed by atoms with Crippen LogP contribution in [0.4, 0.5) is 0 Å². The van der Waals surface area contributed by atoms with Gasteiger partial charge in [-0.15, -0.1) is 11.3 Å². The first-order valence-electron chi connectivity index (χ1n) is 5.19. The molecule has 1 unspecified atom stereocenters. The Bertz CT molecular complexity index is 319. The van der Waals surface area contributed by atoms with Crippen LogP contribution >= 0.6 is 11.3 Å². The van der Waals surface area contributed by atoms with E-state index in [1.165, 1.54) is 12.8 Å². The summed E-state index contributed by atoms with van der Waals surface area (Å²) in [7, 11) is 0. The van der Waals surface area contributed by atoms with Crippen LogP contribution < -0.4 is 5.73 Å². The molecule has 4 heteroatoms. The smallest absolute Gasteiger partial charge is 0.307 e. The van der Waals surface area contributed by atoms with Crippen LogP contribution in [0.25, 0.3) is 0 Å². The molecule has 2 N–H and O–H groups in total. The first kappa shape index (κ1) is 10.6. The van der Waals surface area contributed by atoms with Gasteiger partial charge in [-0.2, -0.15) is 0 Å². The predicted molar refractivity (Wildman–Crippen MR) is 59.4 cm³/mol. The second-order valence-electron chi connectivity index (χ2n) is 3.95. The summed E-state index contributed by atoms with van der Waals surface area (Å²) in [5.74, 6) is 0.377. The molecule has 82 valence electrons. The average Bonchev–Trinajstić information content (AvgIpc) is 2.93. The monoisotopic (exact) mass is 225 g/mol. The maximum Gasteiger partial charge on any atom is 0.307 e. The second kappa shape index (κ2) is 4.77. The average molecular weight is 225 g/mol. The molecule has 0 aliphatic heterocycles. The van der Waals surface area contributed by atoms with Crippen LogP contribution in [0.5, 0.6) is 0 Å². The molecule has 1 atom stereocenters. The number of esters is 1. The van der Waals surface area contributed by atoms with Crippen molar-refractivity contribution in [3.63, 3.8) is 0 Å². The lowest BCUT2D eigenvalue weighted by Gasteiger charge is -2.09. The van der Waals surface area contributed by atoms with E-state index in [1.54, 1.807) is 11.3 Å². The van der Waals surface area contributed by atoms with Crippen LogP contribution in [-0.2, 0) is 16.1 Å². The Morgan fingerprint density at radius 3 is 3.07 bits per heavy atom. The standard InChI is InChI=1S/C11H15NO2S/c12-10(8-3-4-8)6-11(13)14-7-9-2-1-5-15-9/h1-2,5,8,10H,3-4,6-7,12H2. The molecule has 1 aromatic rings. The van der Waals surface area contributed by atoms with Crippen molar-refractivity contribution in [3.05, 3.63) is 22.4 Å².